The Hall–Kier alpha value is -2.29. The highest BCUT2D eigenvalue weighted by atomic mass is 127. The summed E-state index contributed by atoms with van der Waals surface area (Å²) >= 11 is 2.07. The standard InChI is InChI=1S/C23H27IN4O2/c1-28(2)19-13-22(27-18-6-4-3-5-17(18)19)26-16-9-7-15(8-10-16)14-25-23(29)20-11-12-21(24)30-20/h3-6,11-13,15-16H,7-10,14H2,1-2H3,(H,25,29)(H,26,27)/t15-,16+. The first kappa shape index (κ1) is 21.0. The van der Waals surface area contributed by atoms with Gasteiger partial charge in [-0.25, -0.2) is 4.98 Å². The summed E-state index contributed by atoms with van der Waals surface area (Å²) in [5.41, 5.74) is 2.18. The third-order valence-electron chi connectivity index (χ3n) is 5.72. The maximum Gasteiger partial charge on any atom is 0.287 e. The molecule has 1 saturated carbocycles. The lowest BCUT2D eigenvalue weighted by Crippen LogP contribution is -2.34. The topological polar surface area (TPSA) is 70.4 Å². The number of rotatable bonds is 6. The number of amides is 1. The molecule has 2 aromatic heterocycles. The fourth-order valence-corrected chi connectivity index (χ4v) is 4.50. The highest BCUT2D eigenvalue weighted by Gasteiger charge is 2.23. The molecule has 1 aliphatic rings. The lowest BCUT2D eigenvalue weighted by molar-refractivity contribution is 0.0914. The van der Waals surface area contributed by atoms with E-state index in [-0.39, 0.29) is 5.91 Å². The molecule has 0 radical (unpaired) electrons. The zero-order valence-corrected chi connectivity index (χ0v) is 19.5. The Morgan fingerprint density at radius 3 is 2.63 bits per heavy atom. The minimum Gasteiger partial charge on any atom is -0.445 e. The van der Waals surface area contributed by atoms with Crippen molar-refractivity contribution in [3.05, 3.63) is 52.0 Å². The van der Waals surface area contributed by atoms with E-state index < -0.39 is 0 Å². The number of halogens is 1. The van der Waals surface area contributed by atoms with Crippen LogP contribution in [0.25, 0.3) is 10.9 Å². The molecule has 1 aliphatic carbocycles. The number of benzene rings is 1. The summed E-state index contributed by atoms with van der Waals surface area (Å²) in [6.07, 6.45) is 4.32. The van der Waals surface area contributed by atoms with E-state index in [1.54, 1.807) is 12.1 Å². The average molecular weight is 518 g/mol. The first-order chi connectivity index (χ1) is 14.5. The Labute approximate surface area is 190 Å². The van der Waals surface area contributed by atoms with Gasteiger partial charge in [0.1, 0.15) is 5.82 Å². The summed E-state index contributed by atoms with van der Waals surface area (Å²) in [4.78, 5) is 19.1. The van der Waals surface area contributed by atoms with Crippen molar-refractivity contribution in [3.63, 3.8) is 0 Å². The Bertz CT molecular complexity index is 1020. The number of hydrogen-bond donors (Lipinski definition) is 2. The molecule has 4 rings (SSSR count). The van der Waals surface area contributed by atoms with Gasteiger partial charge in [0.2, 0.25) is 0 Å². The molecule has 0 atom stereocenters. The highest BCUT2D eigenvalue weighted by molar-refractivity contribution is 14.1. The largest absolute Gasteiger partial charge is 0.445 e. The maximum absolute atomic E-state index is 12.2. The van der Waals surface area contributed by atoms with Gasteiger partial charge in [-0.2, -0.15) is 0 Å². The molecule has 0 aliphatic heterocycles. The second kappa shape index (κ2) is 9.24. The van der Waals surface area contributed by atoms with Crippen molar-refractivity contribution >= 4 is 50.9 Å². The van der Waals surface area contributed by atoms with Gasteiger partial charge in [0.05, 0.1) is 5.52 Å². The molecule has 1 amide bonds. The van der Waals surface area contributed by atoms with Crippen LogP contribution in [0.1, 0.15) is 36.2 Å². The van der Waals surface area contributed by atoms with Gasteiger partial charge in [-0.05, 0) is 72.4 Å². The fourth-order valence-electron chi connectivity index (χ4n) is 4.08. The molecule has 6 nitrogen and oxygen atoms in total. The Morgan fingerprint density at radius 2 is 1.93 bits per heavy atom. The molecule has 0 unspecified atom stereocenters. The molecular formula is C23H27IN4O2. The molecule has 0 spiro atoms. The molecule has 1 aromatic carbocycles. The summed E-state index contributed by atoms with van der Waals surface area (Å²) in [5, 5.41) is 7.82. The summed E-state index contributed by atoms with van der Waals surface area (Å²) in [6.45, 7) is 0.696. The minimum atomic E-state index is -0.130. The van der Waals surface area contributed by atoms with Crippen molar-refractivity contribution in [2.24, 2.45) is 5.92 Å². The number of nitrogens with zero attached hydrogens (tertiary/aromatic N) is 2. The van der Waals surface area contributed by atoms with Crippen LogP contribution >= 0.6 is 22.6 Å². The lowest BCUT2D eigenvalue weighted by Gasteiger charge is -2.30. The third kappa shape index (κ3) is 4.88. The van der Waals surface area contributed by atoms with E-state index in [1.807, 2.05) is 6.07 Å². The Morgan fingerprint density at radius 1 is 1.17 bits per heavy atom. The summed E-state index contributed by atoms with van der Waals surface area (Å²) in [5.74, 6) is 1.69. The van der Waals surface area contributed by atoms with E-state index in [4.69, 9.17) is 9.40 Å². The van der Waals surface area contributed by atoms with Crippen LogP contribution in [-0.2, 0) is 0 Å². The molecule has 3 aromatic rings. The highest BCUT2D eigenvalue weighted by Crippen LogP contribution is 2.30. The van der Waals surface area contributed by atoms with Crippen LogP contribution in [-0.4, -0.2) is 37.6 Å². The first-order valence-corrected chi connectivity index (χ1v) is 11.4. The summed E-state index contributed by atoms with van der Waals surface area (Å²) in [6, 6.07) is 14.3. The van der Waals surface area contributed by atoms with Gasteiger partial charge >= 0.3 is 0 Å². The van der Waals surface area contributed by atoms with Crippen LogP contribution in [0.3, 0.4) is 0 Å². The number of furan rings is 1. The maximum atomic E-state index is 12.2. The zero-order valence-electron chi connectivity index (χ0n) is 17.3. The molecule has 2 N–H and O–H groups in total. The molecular weight excluding hydrogens is 491 g/mol. The quantitative estimate of drug-likeness (QED) is 0.455. The molecule has 0 bridgehead atoms. The van der Waals surface area contributed by atoms with E-state index in [2.05, 4.69) is 76.5 Å². The molecule has 158 valence electrons. The summed E-state index contributed by atoms with van der Waals surface area (Å²) in [7, 11) is 4.13. The SMILES string of the molecule is CN(C)c1cc(N[C@H]2CC[C@@H](CNC(=O)c3ccc(I)o3)CC2)nc2ccccc12. The van der Waals surface area contributed by atoms with Crippen molar-refractivity contribution in [2.45, 2.75) is 31.7 Å². The zero-order chi connectivity index (χ0) is 21.1. The number of hydrogen-bond acceptors (Lipinski definition) is 5. The minimum absolute atomic E-state index is 0.130. The van der Waals surface area contributed by atoms with Crippen LogP contribution in [0.15, 0.2) is 46.9 Å². The van der Waals surface area contributed by atoms with Crippen molar-refractivity contribution < 1.29 is 9.21 Å². The van der Waals surface area contributed by atoms with Gasteiger partial charge in [0, 0.05) is 43.8 Å². The van der Waals surface area contributed by atoms with Gasteiger partial charge in [0.15, 0.2) is 9.53 Å². The molecule has 30 heavy (non-hydrogen) atoms. The predicted octanol–water partition coefficient (Wildman–Crippen LogP) is 4.90. The van der Waals surface area contributed by atoms with Crippen LogP contribution in [0.5, 0.6) is 0 Å². The second-order valence-electron chi connectivity index (χ2n) is 8.11. The second-order valence-corrected chi connectivity index (χ2v) is 9.18. The number of anilines is 2. The number of fused-ring (bicyclic) bond motifs is 1. The van der Waals surface area contributed by atoms with Gasteiger partial charge in [-0.3, -0.25) is 4.79 Å². The van der Waals surface area contributed by atoms with Gasteiger partial charge in [-0.15, -0.1) is 0 Å². The monoisotopic (exact) mass is 518 g/mol. The smallest absolute Gasteiger partial charge is 0.287 e. The van der Waals surface area contributed by atoms with Crippen molar-refractivity contribution in [3.8, 4) is 0 Å². The van der Waals surface area contributed by atoms with Gasteiger partial charge in [0.25, 0.3) is 5.91 Å². The fraction of sp³-hybridized carbons (Fsp3) is 0.391. The number of nitrogens with one attached hydrogen (secondary N) is 2. The Kier molecular flexibility index (Phi) is 6.46. The van der Waals surface area contributed by atoms with Gasteiger partial charge in [-0.1, -0.05) is 18.2 Å². The van der Waals surface area contributed by atoms with Gasteiger partial charge < -0.3 is 20.0 Å². The Balaban J connectivity index is 1.32. The van der Waals surface area contributed by atoms with E-state index in [9.17, 15) is 4.79 Å². The van der Waals surface area contributed by atoms with Crippen LogP contribution in [0, 0.1) is 9.68 Å². The summed E-state index contributed by atoms with van der Waals surface area (Å²) < 4.78 is 6.11. The molecule has 2 heterocycles. The van der Waals surface area contributed by atoms with Crippen molar-refractivity contribution in [1.29, 1.82) is 0 Å². The number of carbonyl (C=O) groups excluding carboxylic acids is 1. The average Bonchev–Trinajstić information content (AvgIpc) is 3.19. The van der Waals surface area contributed by atoms with E-state index in [0.717, 1.165) is 40.8 Å². The van der Waals surface area contributed by atoms with E-state index >= 15 is 0 Å². The van der Waals surface area contributed by atoms with Crippen molar-refractivity contribution in [1.82, 2.24) is 10.3 Å². The van der Waals surface area contributed by atoms with Crippen LogP contribution < -0.4 is 15.5 Å². The lowest BCUT2D eigenvalue weighted by atomic mass is 9.86. The predicted molar refractivity (Wildman–Crippen MR) is 129 cm³/mol. The number of carbonyl (C=O) groups is 1. The number of para-hydroxylation sites is 1. The van der Waals surface area contributed by atoms with Crippen LogP contribution in [0.2, 0.25) is 0 Å². The van der Waals surface area contributed by atoms with Crippen molar-refractivity contribution in [2.75, 3.05) is 30.9 Å². The molecule has 7 heteroatoms. The number of aromatic nitrogens is 1. The van der Waals surface area contributed by atoms with E-state index in [0.29, 0.717) is 24.3 Å². The molecule has 1 fully saturated rings. The van der Waals surface area contributed by atoms with E-state index in [1.165, 1.54) is 11.1 Å². The number of pyridine rings is 1. The van der Waals surface area contributed by atoms with Crippen LogP contribution in [0.4, 0.5) is 11.5 Å². The first-order valence-electron chi connectivity index (χ1n) is 10.4. The third-order valence-corrected chi connectivity index (χ3v) is 6.30. The molecule has 0 saturated heterocycles. The normalized spacial score (nSPS) is 18.9.